The third-order valence-corrected chi connectivity index (χ3v) is 5.86. The van der Waals surface area contributed by atoms with Crippen molar-refractivity contribution in [2.75, 3.05) is 7.11 Å². The normalized spacial score (nSPS) is 13.8. The summed E-state index contributed by atoms with van der Waals surface area (Å²) in [6.07, 6.45) is 5.40. The van der Waals surface area contributed by atoms with Crippen molar-refractivity contribution in [3.05, 3.63) is 77.5 Å². The number of ether oxygens (including phenoxy) is 2. The molecule has 0 bridgehead atoms. The highest BCUT2D eigenvalue weighted by Crippen LogP contribution is 2.35. The third-order valence-electron chi connectivity index (χ3n) is 5.86. The molecule has 2 aromatic carbocycles. The van der Waals surface area contributed by atoms with E-state index in [-0.39, 0.29) is 5.56 Å². The highest BCUT2D eigenvalue weighted by molar-refractivity contribution is 5.89. The van der Waals surface area contributed by atoms with E-state index in [1.54, 1.807) is 19.2 Å². The van der Waals surface area contributed by atoms with Crippen molar-refractivity contribution in [2.24, 2.45) is 5.92 Å². The van der Waals surface area contributed by atoms with E-state index in [0.29, 0.717) is 41.8 Å². The summed E-state index contributed by atoms with van der Waals surface area (Å²) >= 11 is 0. The van der Waals surface area contributed by atoms with Gasteiger partial charge in [0, 0.05) is 11.6 Å². The minimum absolute atomic E-state index is 0.288. The zero-order valence-corrected chi connectivity index (χ0v) is 17.7. The lowest BCUT2D eigenvalue weighted by molar-refractivity contribution is 0.0695. The van der Waals surface area contributed by atoms with Crippen LogP contribution < -0.4 is 9.47 Å². The molecule has 31 heavy (non-hydrogen) atoms. The van der Waals surface area contributed by atoms with Crippen LogP contribution in [0.15, 0.2) is 60.7 Å². The molecule has 0 radical (unpaired) electrons. The van der Waals surface area contributed by atoms with E-state index < -0.39 is 5.97 Å². The third kappa shape index (κ3) is 5.05. The Labute approximate surface area is 182 Å². The number of pyridine rings is 1. The largest absolute Gasteiger partial charge is 0.497 e. The average Bonchev–Trinajstić information content (AvgIpc) is 3.31. The number of hydrogen-bond acceptors (Lipinski definition) is 4. The van der Waals surface area contributed by atoms with Crippen LogP contribution in [0.5, 0.6) is 11.5 Å². The second kappa shape index (κ2) is 9.65. The van der Waals surface area contributed by atoms with Gasteiger partial charge in [0.2, 0.25) is 0 Å². The molecule has 5 nitrogen and oxygen atoms in total. The van der Waals surface area contributed by atoms with Crippen LogP contribution in [-0.2, 0) is 13.0 Å². The minimum Gasteiger partial charge on any atom is -0.497 e. The van der Waals surface area contributed by atoms with E-state index >= 15 is 0 Å². The highest BCUT2D eigenvalue weighted by atomic mass is 16.5. The topological polar surface area (TPSA) is 68.7 Å². The van der Waals surface area contributed by atoms with Crippen LogP contribution in [-0.4, -0.2) is 23.2 Å². The summed E-state index contributed by atoms with van der Waals surface area (Å²) in [5, 5.41) is 9.65. The Hall–Kier alpha value is -3.34. The Kier molecular flexibility index (Phi) is 6.51. The number of benzene rings is 2. The molecule has 4 rings (SSSR count). The number of aromatic nitrogens is 1. The number of carboxylic acid groups (broad SMARTS) is 1. The number of nitrogens with zero attached hydrogens (tertiary/aromatic N) is 1. The fourth-order valence-electron chi connectivity index (χ4n) is 4.19. The summed E-state index contributed by atoms with van der Waals surface area (Å²) in [5.41, 5.74) is 3.54. The number of hydrogen-bond donors (Lipinski definition) is 1. The molecule has 3 aromatic rings. The maximum absolute atomic E-state index is 11.8. The molecule has 1 heterocycles. The maximum Gasteiger partial charge on any atom is 0.337 e. The van der Waals surface area contributed by atoms with Gasteiger partial charge in [-0.1, -0.05) is 56.0 Å². The average molecular weight is 418 g/mol. The molecule has 1 aromatic heterocycles. The van der Waals surface area contributed by atoms with E-state index in [1.165, 1.54) is 12.8 Å². The summed E-state index contributed by atoms with van der Waals surface area (Å²) in [5.74, 6) is 0.929. The summed E-state index contributed by atoms with van der Waals surface area (Å²) < 4.78 is 11.5. The van der Waals surface area contributed by atoms with Crippen molar-refractivity contribution < 1.29 is 19.4 Å². The minimum atomic E-state index is -0.928. The number of carbonyl (C=O) groups is 1. The molecule has 1 N–H and O–H groups in total. The van der Waals surface area contributed by atoms with Crippen molar-refractivity contribution in [3.63, 3.8) is 0 Å². The number of rotatable bonds is 8. The van der Waals surface area contributed by atoms with Gasteiger partial charge in [-0.25, -0.2) is 4.79 Å². The Morgan fingerprint density at radius 3 is 2.55 bits per heavy atom. The van der Waals surface area contributed by atoms with Gasteiger partial charge in [-0.2, -0.15) is 0 Å². The van der Waals surface area contributed by atoms with Crippen LogP contribution >= 0.6 is 0 Å². The highest BCUT2D eigenvalue weighted by Gasteiger charge is 2.21. The quantitative estimate of drug-likeness (QED) is 0.504. The van der Waals surface area contributed by atoms with Crippen molar-refractivity contribution in [1.82, 2.24) is 4.98 Å². The molecular formula is C26H27NO4. The van der Waals surface area contributed by atoms with Crippen LogP contribution in [0.3, 0.4) is 0 Å². The zero-order valence-electron chi connectivity index (χ0n) is 17.7. The van der Waals surface area contributed by atoms with E-state index in [1.807, 2.05) is 48.5 Å². The van der Waals surface area contributed by atoms with E-state index in [2.05, 4.69) is 0 Å². The molecule has 0 atom stereocenters. The van der Waals surface area contributed by atoms with Gasteiger partial charge in [0.1, 0.15) is 18.1 Å². The summed E-state index contributed by atoms with van der Waals surface area (Å²) in [6, 6.07) is 19.0. The van der Waals surface area contributed by atoms with Crippen molar-refractivity contribution in [2.45, 2.75) is 38.7 Å². The molecule has 0 unspecified atom stereocenters. The van der Waals surface area contributed by atoms with Crippen molar-refractivity contribution in [3.8, 4) is 22.8 Å². The molecule has 0 amide bonds. The van der Waals surface area contributed by atoms with Crippen molar-refractivity contribution in [1.29, 1.82) is 0 Å². The molecule has 5 heteroatoms. The fourth-order valence-corrected chi connectivity index (χ4v) is 4.19. The van der Waals surface area contributed by atoms with E-state index in [9.17, 15) is 9.90 Å². The Morgan fingerprint density at radius 2 is 1.84 bits per heavy atom. The Bertz CT molecular complexity index is 1040. The van der Waals surface area contributed by atoms with E-state index in [0.717, 1.165) is 24.0 Å². The summed E-state index contributed by atoms with van der Waals surface area (Å²) in [4.78, 5) is 16.6. The summed E-state index contributed by atoms with van der Waals surface area (Å²) in [6.45, 7) is 0.420. The van der Waals surface area contributed by atoms with Gasteiger partial charge in [-0.05, 0) is 42.2 Å². The second-order valence-electron chi connectivity index (χ2n) is 7.99. The van der Waals surface area contributed by atoms with Crippen molar-refractivity contribution >= 4 is 5.97 Å². The predicted octanol–water partition coefficient (Wildman–Crippen LogP) is 5.77. The maximum atomic E-state index is 11.8. The van der Waals surface area contributed by atoms with Crippen LogP contribution in [0.1, 0.15) is 47.3 Å². The van der Waals surface area contributed by atoms with Crippen LogP contribution in [0.25, 0.3) is 11.3 Å². The van der Waals surface area contributed by atoms with Crippen LogP contribution in [0, 0.1) is 5.92 Å². The van der Waals surface area contributed by atoms with Gasteiger partial charge in [0.05, 0.1) is 24.1 Å². The second-order valence-corrected chi connectivity index (χ2v) is 7.99. The number of carboxylic acids is 1. The van der Waals surface area contributed by atoms with Gasteiger partial charge >= 0.3 is 5.97 Å². The van der Waals surface area contributed by atoms with Gasteiger partial charge < -0.3 is 14.6 Å². The molecule has 1 saturated carbocycles. The zero-order chi connectivity index (χ0) is 21.6. The molecule has 1 fully saturated rings. The lowest BCUT2D eigenvalue weighted by Gasteiger charge is -2.16. The van der Waals surface area contributed by atoms with Crippen LogP contribution in [0.4, 0.5) is 0 Å². The SMILES string of the molecule is COc1ccc(-c2ccc(C(=O)O)c(CC3CCCC3)n2)c(OCc2ccccc2)c1. The number of methoxy groups -OCH3 is 1. The van der Waals surface area contributed by atoms with Crippen LogP contribution in [0.2, 0.25) is 0 Å². The van der Waals surface area contributed by atoms with E-state index in [4.69, 9.17) is 14.5 Å². The smallest absolute Gasteiger partial charge is 0.337 e. The predicted molar refractivity (Wildman–Crippen MR) is 120 cm³/mol. The molecule has 1 aliphatic carbocycles. The first-order valence-electron chi connectivity index (χ1n) is 10.7. The van der Waals surface area contributed by atoms with Gasteiger partial charge in [-0.3, -0.25) is 4.98 Å². The van der Waals surface area contributed by atoms with Gasteiger partial charge in [-0.15, -0.1) is 0 Å². The molecule has 0 aliphatic heterocycles. The van der Waals surface area contributed by atoms with Gasteiger partial charge in [0.15, 0.2) is 0 Å². The summed E-state index contributed by atoms with van der Waals surface area (Å²) in [7, 11) is 1.62. The lowest BCUT2D eigenvalue weighted by Crippen LogP contribution is -2.10. The monoisotopic (exact) mass is 417 g/mol. The fraction of sp³-hybridized carbons (Fsp3) is 0.308. The first-order chi connectivity index (χ1) is 15.1. The lowest BCUT2D eigenvalue weighted by atomic mass is 9.97. The molecule has 160 valence electrons. The molecular weight excluding hydrogens is 390 g/mol. The molecule has 1 aliphatic rings. The molecule has 0 spiro atoms. The Balaban J connectivity index is 1.67. The van der Waals surface area contributed by atoms with Gasteiger partial charge in [0.25, 0.3) is 0 Å². The molecule has 0 saturated heterocycles. The number of aromatic carboxylic acids is 1. The first-order valence-corrected chi connectivity index (χ1v) is 10.7. The first kappa shape index (κ1) is 20.9. The standard InChI is InChI=1S/C26H27NO4/c1-30-20-11-12-21(25(16-20)31-17-19-9-3-2-4-10-19)23-14-13-22(26(28)29)24(27-23)15-18-7-5-6-8-18/h2-4,9-14,16,18H,5-8,15,17H2,1H3,(H,28,29). The Morgan fingerprint density at radius 1 is 1.06 bits per heavy atom.